The minimum Gasteiger partial charge on any atom is -0.338 e. The van der Waals surface area contributed by atoms with Crippen molar-refractivity contribution in [3.05, 3.63) is 46.4 Å². The molecule has 0 saturated carbocycles. The van der Waals surface area contributed by atoms with E-state index in [1.807, 2.05) is 37.3 Å². The Balaban J connectivity index is 1.68. The Hall–Kier alpha value is -2.07. The third-order valence-electron chi connectivity index (χ3n) is 4.95. The Morgan fingerprint density at radius 1 is 1.34 bits per heavy atom. The van der Waals surface area contributed by atoms with Gasteiger partial charge < -0.3 is 4.90 Å². The summed E-state index contributed by atoms with van der Waals surface area (Å²) >= 11 is 1.20. The molecule has 10 heteroatoms. The van der Waals surface area contributed by atoms with E-state index in [1.54, 1.807) is 4.90 Å². The van der Waals surface area contributed by atoms with Gasteiger partial charge in [0.2, 0.25) is 5.91 Å². The van der Waals surface area contributed by atoms with Crippen molar-refractivity contribution in [1.82, 2.24) is 19.7 Å². The van der Waals surface area contributed by atoms with E-state index < -0.39 is 9.84 Å². The van der Waals surface area contributed by atoms with Gasteiger partial charge in [0, 0.05) is 12.6 Å². The zero-order valence-electron chi connectivity index (χ0n) is 16.4. The number of benzene rings is 1. The van der Waals surface area contributed by atoms with Gasteiger partial charge in [-0.3, -0.25) is 9.36 Å². The fourth-order valence-electron chi connectivity index (χ4n) is 3.39. The molecule has 1 aromatic carbocycles. The maximum Gasteiger partial charge on any atom is 0.344 e. The quantitative estimate of drug-likeness (QED) is 0.595. The van der Waals surface area contributed by atoms with Gasteiger partial charge in [0.05, 0.1) is 23.8 Å². The van der Waals surface area contributed by atoms with Crippen molar-refractivity contribution in [1.29, 1.82) is 0 Å². The number of aromatic amines is 1. The van der Waals surface area contributed by atoms with Crippen LogP contribution in [0.3, 0.4) is 0 Å². The largest absolute Gasteiger partial charge is 0.344 e. The van der Waals surface area contributed by atoms with Crippen molar-refractivity contribution >= 4 is 27.5 Å². The zero-order chi connectivity index (χ0) is 20.9. The van der Waals surface area contributed by atoms with E-state index in [2.05, 4.69) is 10.2 Å². The topological polar surface area (TPSA) is 105 Å². The van der Waals surface area contributed by atoms with Gasteiger partial charge >= 0.3 is 5.69 Å². The van der Waals surface area contributed by atoms with Crippen LogP contribution in [-0.4, -0.2) is 63.8 Å². The molecule has 1 N–H and O–H groups in total. The van der Waals surface area contributed by atoms with Crippen LogP contribution in [0, 0.1) is 0 Å². The number of H-pyrrole nitrogens is 1. The van der Waals surface area contributed by atoms with E-state index in [9.17, 15) is 18.0 Å². The third kappa shape index (κ3) is 5.72. The van der Waals surface area contributed by atoms with Crippen molar-refractivity contribution in [3.8, 4) is 0 Å². The summed E-state index contributed by atoms with van der Waals surface area (Å²) in [7, 11) is -3.07. The maximum atomic E-state index is 12.9. The summed E-state index contributed by atoms with van der Waals surface area (Å²) in [6, 6.07) is 9.29. The molecule has 158 valence electrons. The number of aromatic nitrogens is 3. The van der Waals surface area contributed by atoms with Gasteiger partial charge in [0.25, 0.3) is 0 Å². The van der Waals surface area contributed by atoms with Gasteiger partial charge in [-0.15, -0.1) is 5.10 Å². The Kier molecular flexibility index (Phi) is 7.18. The number of amides is 1. The molecule has 1 aliphatic heterocycles. The average Bonchev–Trinajstić information content (AvgIpc) is 3.23. The van der Waals surface area contributed by atoms with Crippen LogP contribution in [-0.2, 0) is 21.2 Å². The Morgan fingerprint density at radius 2 is 2.10 bits per heavy atom. The fourth-order valence-corrected chi connectivity index (χ4v) is 5.95. The standard InChI is InChI=1S/C19H26N4O4S2/c1-2-3-10-22(16-9-11-29(26,27)14-16)17(24)13-28-19-21-20-18(25)23(19)12-15-7-5-4-6-8-15/h4-8,16H,2-3,9-14H2,1H3,(H,20,25). The van der Waals surface area contributed by atoms with E-state index >= 15 is 0 Å². The summed E-state index contributed by atoms with van der Waals surface area (Å²) in [6.07, 6.45) is 2.24. The molecule has 1 atom stereocenters. The molecule has 0 radical (unpaired) electrons. The van der Waals surface area contributed by atoms with E-state index in [1.165, 1.54) is 16.3 Å². The molecular formula is C19H26N4O4S2. The first kappa shape index (κ1) is 21.6. The number of hydrogen-bond acceptors (Lipinski definition) is 6. The monoisotopic (exact) mass is 438 g/mol. The Morgan fingerprint density at radius 3 is 2.76 bits per heavy atom. The number of nitrogens with zero attached hydrogens (tertiary/aromatic N) is 3. The average molecular weight is 439 g/mol. The van der Waals surface area contributed by atoms with E-state index in [-0.39, 0.29) is 34.9 Å². The molecule has 2 heterocycles. The molecule has 8 nitrogen and oxygen atoms in total. The molecule has 0 bridgehead atoms. The summed E-state index contributed by atoms with van der Waals surface area (Å²) in [5.74, 6) is 0.164. The summed E-state index contributed by atoms with van der Waals surface area (Å²) in [4.78, 5) is 26.7. The molecule has 1 fully saturated rings. The van der Waals surface area contributed by atoms with Crippen molar-refractivity contribution < 1.29 is 13.2 Å². The number of sulfone groups is 1. The minimum absolute atomic E-state index is 0.0360. The summed E-state index contributed by atoms with van der Waals surface area (Å²) in [6.45, 7) is 2.95. The molecule has 29 heavy (non-hydrogen) atoms. The molecular weight excluding hydrogens is 412 g/mol. The lowest BCUT2D eigenvalue weighted by Crippen LogP contribution is -2.42. The first-order chi connectivity index (χ1) is 13.9. The predicted molar refractivity (Wildman–Crippen MR) is 113 cm³/mol. The second-order valence-corrected chi connectivity index (χ2v) is 10.3. The van der Waals surface area contributed by atoms with Crippen LogP contribution in [0.25, 0.3) is 0 Å². The number of thioether (sulfide) groups is 1. The van der Waals surface area contributed by atoms with Crippen LogP contribution < -0.4 is 5.69 Å². The lowest BCUT2D eigenvalue weighted by atomic mass is 10.2. The van der Waals surface area contributed by atoms with Crippen LogP contribution in [0.2, 0.25) is 0 Å². The SMILES string of the molecule is CCCCN(C(=O)CSc1n[nH]c(=O)n1Cc1ccccc1)C1CCS(=O)(=O)C1. The molecule has 1 aromatic heterocycles. The van der Waals surface area contributed by atoms with Crippen molar-refractivity contribution in [2.75, 3.05) is 23.8 Å². The first-order valence-corrected chi connectivity index (χ1v) is 12.5. The van der Waals surface area contributed by atoms with Gasteiger partial charge in [0.1, 0.15) is 0 Å². The summed E-state index contributed by atoms with van der Waals surface area (Å²) < 4.78 is 25.2. The number of nitrogens with one attached hydrogen (secondary N) is 1. The Labute approximate surface area is 174 Å². The second kappa shape index (κ2) is 9.62. The molecule has 0 spiro atoms. The highest BCUT2D eigenvalue weighted by Gasteiger charge is 2.34. The highest BCUT2D eigenvalue weighted by Crippen LogP contribution is 2.21. The lowest BCUT2D eigenvalue weighted by Gasteiger charge is -2.28. The summed E-state index contributed by atoms with van der Waals surface area (Å²) in [5.41, 5.74) is 0.637. The fraction of sp³-hybridized carbons (Fsp3) is 0.526. The highest BCUT2D eigenvalue weighted by molar-refractivity contribution is 7.99. The van der Waals surface area contributed by atoms with Gasteiger partial charge in [-0.1, -0.05) is 55.4 Å². The normalized spacial score (nSPS) is 18.0. The number of hydrogen-bond donors (Lipinski definition) is 1. The van der Waals surface area contributed by atoms with Crippen molar-refractivity contribution in [2.24, 2.45) is 0 Å². The maximum absolute atomic E-state index is 12.9. The number of carbonyl (C=O) groups is 1. The molecule has 1 amide bonds. The number of unbranched alkanes of at least 4 members (excludes halogenated alkanes) is 1. The molecule has 0 aliphatic carbocycles. The molecule has 1 aliphatic rings. The third-order valence-corrected chi connectivity index (χ3v) is 7.67. The molecule has 2 aromatic rings. The van der Waals surface area contributed by atoms with E-state index in [0.29, 0.717) is 24.7 Å². The van der Waals surface area contributed by atoms with Crippen LogP contribution in [0.5, 0.6) is 0 Å². The van der Waals surface area contributed by atoms with E-state index in [0.717, 1.165) is 18.4 Å². The van der Waals surface area contributed by atoms with Crippen molar-refractivity contribution in [2.45, 2.75) is 43.9 Å². The minimum atomic E-state index is -3.07. The van der Waals surface area contributed by atoms with Gasteiger partial charge in [0.15, 0.2) is 15.0 Å². The lowest BCUT2D eigenvalue weighted by molar-refractivity contribution is -0.130. The molecule has 1 saturated heterocycles. The van der Waals surface area contributed by atoms with Crippen molar-refractivity contribution in [3.63, 3.8) is 0 Å². The van der Waals surface area contributed by atoms with Gasteiger partial charge in [-0.25, -0.2) is 18.3 Å². The number of rotatable bonds is 9. The highest BCUT2D eigenvalue weighted by atomic mass is 32.2. The first-order valence-electron chi connectivity index (χ1n) is 9.71. The van der Waals surface area contributed by atoms with Crippen LogP contribution >= 0.6 is 11.8 Å². The zero-order valence-corrected chi connectivity index (χ0v) is 18.0. The smallest absolute Gasteiger partial charge is 0.338 e. The van der Waals surface area contributed by atoms with Gasteiger partial charge in [-0.2, -0.15) is 0 Å². The van der Waals surface area contributed by atoms with Crippen LogP contribution in [0.1, 0.15) is 31.7 Å². The van der Waals surface area contributed by atoms with Crippen LogP contribution in [0.15, 0.2) is 40.3 Å². The van der Waals surface area contributed by atoms with Crippen LogP contribution in [0.4, 0.5) is 0 Å². The second-order valence-electron chi connectivity index (χ2n) is 7.17. The number of carbonyl (C=O) groups excluding carboxylic acids is 1. The van der Waals surface area contributed by atoms with E-state index in [4.69, 9.17) is 0 Å². The predicted octanol–water partition coefficient (Wildman–Crippen LogP) is 1.53. The summed E-state index contributed by atoms with van der Waals surface area (Å²) in [5, 5.41) is 6.94. The Bertz CT molecular complexity index is 985. The van der Waals surface area contributed by atoms with Gasteiger partial charge in [-0.05, 0) is 18.4 Å². The molecule has 1 unspecified atom stereocenters. The molecule has 3 rings (SSSR count).